The summed E-state index contributed by atoms with van der Waals surface area (Å²) in [5.74, 6) is 0. The van der Waals surface area contributed by atoms with Crippen LogP contribution in [0.5, 0.6) is 0 Å². The van der Waals surface area contributed by atoms with Gasteiger partial charge < -0.3 is 0 Å². The van der Waals surface area contributed by atoms with Crippen molar-refractivity contribution >= 4 is 11.6 Å². The second-order valence-corrected chi connectivity index (χ2v) is 1.43. The van der Waals surface area contributed by atoms with Gasteiger partial charge in [0.25, 0.3) is 0 Å². The van der Waals surface area contributed by atoms with Gasteiger partial charge in [-0.2, -0.15) is 5.10 Å². The maximum absolute atomic E-state index is 5.37. The average molecular weight is 145 g/mol. The molecule has 0 saturated heterocycles. The van der Waals surface area contributed by atoms with Gasteiger partial charge in [-0.3, -0.25) is 0 Å². The molecule has 0 aliphatic heterocycles. The van der Waals surface area contributed by atoms with Gasteiger partial charge in [-0.05, 0) is 12.1 Å². The van der Waals surface area contributed by atoms with Crippen LogP contribution in [0.4, 0.5) is 0 Å². The van der Waals surface area contributed by atoms with Gasteiger partial charge in [0.05, 0.1) is 0 Å². The van der Waals surface area contributed by atoms with E-state index in [2.05, 4.69) is 10.2 Å². The Morgan fingerprint density at radius 3 is 2.33 bits per heavy atom. The van der Waals surface area contributed by atoms with Gasteiger partial charge in [-0.1, -0.05) is 25.4 Å². The third-order valence-corrected chi connectivity index (χ3v) is 0.741. The van der Waals surface area contributed by atoms with Gasteiger partial charge in [-0.25, -0.2) is 0 Å². The van der Waals surface area contributed by atoms with Gasteiger partial charge in [0, 0.05) is 6.20 Å². The molecule has 0 N–H and O–H groups in total. The molecule has 0 radical (unpaired) electrons. The molecule has 1 rings (SSSR count). The Kier molecular flexibility index (Phi) is 5.12. The lowest BCUT2D eigenvalue weighted by molar-refractivity contribution is 1.03. The normalized spacial score (nSPS) is 7.44. The molecule has 0 atom stereocenters. The summed E-state index contributed by atoms with van der Waals surface area (Å²) in [7, 11) is 0. The molecular weight excluding hydrogens is 136 g/mol. The van der Waals surface area contributed by atoms with Crippen LogP contribution >= 0.6 is 11.6 Å². The van der Waals surface area contributed by atoms with Gasteiger partial charge >= 0.3 is 0 Å². The van der Waals surface area contributed by atoms with Crippen molar-refractivity contribution in [1.82, 2.24) is 10.2 Å². The van der Waals surface area contributed by atoms with Crippen LogP contribution in [0.3, 0.4) is 0 Å². The minimum atomic E-state index is 0.433. The largest absolute Gasteiger partial charge is 0.158 e. The molecule has 1 aromatic heterocycles. The predicted molar refractivity (Wildman–Crippen MR) is 38.4 cm³/mol. The fourth-order valence-corrected chi connectivity index (χ4v) is 0.399. The summed E-state index contributed by atoms with van der Waals surface area (Å²) in [5.41, 5.74) is 0. The molecule has 0 aromatic carbocycles. The Balaban J connectivity index is 0.000000291. The topological polar surface area (TPSA) is 25.8 Å². The van der Waals surface area contributed by atoms with E-state index in [0.717, 1.165) is 0 Å². The fraction of sp³-hybridized carbons (Fsp3) is 0.333. The zero-order chi connectivity index (χ0) is 7.11. The van der Waals surface area contributed by atoms with Crippen LogP contribution in [0.1, 0.15) is 13.8 Å². The maximum Gasteiger partial charge on any atom is 0.151 e. The lowest BCUT2D eigenvalue weighted by Gasteiger charge is -1.78. The van der Waals surface area contributed by atoms with Crippen LogP contribution in [0, 0.1) is 0 Å². The molecule has 0 spiro atoms. The first-order valence-corrected chi connectivity index (χ1v) is 3.20. The van der Waals surface area contributed by atoms with Crippen LogP contribution in [0.15, 0.2) is 18.3 Å². The Bertz CT molecular complexity index is 141. The summed E-state index contributed by atoms with van der Waals surface area (Å²) in [4.78, 5) is 0. The van der Waals surface area contributed by atoms with Crippen molar-refractivity contribution in [3.05, 3.63) is 23.5 Å². The summed E-state index contributed by atoms with van der Waals surface area (Å²) < 4.78 is 0. The highest BCUT2D eigenvalue weighted by Gasteiger charge is 1.78. The van der Waals surface area contributed by atoms with Crippen molar-refractivity contribution in [2.24, 2.45) is 0 Å². The highest BCUT2D eigenvalue weighted by atomic mass is 35.5. The van der Waals surface area contributed by atoms with E-state index >= 15 is 0 Å². The van der Waals surface area contributed by atoms with Crippen molar-refractivity contribution in [3.8, 4) is 0 Å². The van der Waals surface area contributed by atoms with Crippen molar-refractivity contribution in [3.63, 3.8) is 0 Å². The van der Waals surface area contributed by atoms with Crippen LogP contribution in [0.2, 0.25) is 5.15 Å². The smallest absolute Gasteiger partial charge is 0.151 e. The molecule has 0 bridgehead atoms. The quantitative estimate of drug-likeness (QED) is 0.558. The van der Waals surface area contributed by atoms with Crippen molar-refractivity contribution in [2.75, 3.05) is 0 Å². The summed E-state index contributed by atoms with van der Waals surface area (Å²) >= 11 is 5.37. The first-order valence-electron chi connectivity index (χ1n) is 2.83. The number of rotatable bonds is 0. The zero-order valence-electron chi connectivity index (χ0n) is 5.50. The highest BCUT2D eigenvalue weighted by molar-refractivity contribution is 6.29. The molecule has 0 aliphatic rings. The molecule has 0 amide bonds. The second-order valence-electron chi connectivity index (χ2n) is 1.05. The molecular formula is C6H9ClN2. The summed E-state index contributed by atoms with van der Waals surface area (Å²) in [6.07, 6.45) is 1.58. The summed E-state index contributed by atoms with van der Waals surface area (Å²) in [6, 6.07) is 3.41. The third kappa shape index (κ3) is 3.91. The molecule has 0 aliphatic carbocycles. The monoisotopic (exact) mass is 144 g/mol. The van der Waals surface area contributed by atoms with E-state index in [1.54, 1.807) is 18.3 Å². The number of nitrogens with zero attached hydrogens (tertiary/aromatic N) is 2. The van der Waals surface area contributed by atoms with Crippen LogP contribution < -0.4 is 0 Å². The highest BCUT2D eigenvalue weighted by Crippen LogP contribution is 1.96. The van der Waals surface area contributed by atoms with E-state index in [-0.39, 0.29) is 0 Å². The lowest BCUT2D eigenvalue weighted by atomic mass is 10.6. The van der Waals surface area contributed by atoms with E-state index < -0.39 is 0 Å². The van der Waals surface area contributed by atoms with Gasteiger partial charge in [0.2, 0.25) is 0 Å². The average Bonchev–Trinajstić information content (AvgIpc) is 1.94. The molecule has 3 heteroatoms. The molecule has 0 saturated carbocycles. The Morgan fingerprint density at radius 2 is 2.11 bits per heavy atom. The van der Waals surface area contributed by atoms with Gasteiger partial charge in [0.15, 0.2) is 5.15 Å². The first kappa shape index (κ1) is 8.37. The van der Waals surface area contributed by atoms with E-state index in [4.69, 9.17) is 11.6 Å². The van der Waals surface area contributed by atoms with Gasteiger partial charge in [0.1, 0.15) is 0 Å². The van der Waals surface area contributed by atoms with Crippen LogP contribution in [0.25, 0.3) is 0 Å². The Morgan fingerprint density at radius 1 is 1.44 bits per heavy atom. The minimum absolute atomic E-state index is 0.433. The molecule has 0 unspecified atom stereocenters. The standard InChI is InChI=1S/C4H3ClN2.C2H6/c5-4-2-1-3-6-7-4;1-2/h1-3H;1-2H3. The molecule has 0 fully saturated rings. The minimum Gasteiger partial charge on any atom is -0.158 e. The van der Waals surface area contributed by atoms with E-state index in [0.29, 0.717) is 5.15 Å². The second kappa shape index (κ2) is 5.51. The summed E-state index contributed by atoms with van der Waals surface area (Å²) in [6.45, 7) is 4.00. The molecule has 50 valence electrons. The number of halogens is 1. The SMILES string of the molecule is CC.Clc1cccnn1. The Labute approximate surface area is 59.9 Å². The van der Waals surface area contributed by atoms with Crippen LogP contribution in [-0.2, 0) is 0 Å². The number of hydrogen-bond acceptors (Lipinski definition) is 2. The molecule has 1 heterocycles. The number of aromatic nitrogens is 2. The molecule has 9 heavy (non-hydrogen) atoms. The fourth-order valence-electron chi connectivity index (χ4n) is 0.283. The first-order chi connectivity index (χ1) is 4.39. The van der Waals surface area contributed by atoms with Crippen LogP contribution in [-0.4, -0.2) is 10.2 Å². The van der Waals surface area contributed by atoms with Gasteiger partial charge in [-0.15, -0.1) is 5.10 Å². The van der Waals surface area contributed by atoms with Crippen molar-refractivity contribution in [2.45, 2.75) is 13.8 Å². The molecule has 2 nitrogen and oxygen atoms in total. The van der Waals surface area contributed by atoms with E-state index in [1.807, 2.05) is 13.8 Å². The Hall–Kier alpha value is -0.630. The third-order valence-electron chi connectivity index (χ3n) is 0.540. The lowest BCUT2D eigenvalue weighted by Crippen LogP contribution is -1.74. The van der Waals surface area contributed by atoms with E-state index in [1.165, 1.54) is 0 Å². The molecule has 1 aromatic rings. The maximum atomic E-state index is 5.37. The summed E-state index contributed by atoms with van der Waals surface area (Å²) in [5, 5.41) is 7.43. The van der Waals surface area contributed by atoms with E-state index in [9.17, 15) is 0 Å². The zero-order valence-corrected chi connectivity index (χ0v) is 6.26. The number of hydrogen-bond donors (Lipinski definition) is 0. The van der Waals surface area contributed by atoms with Crippen molar-refractivity contribution < 1.29 is 0 Å². The predicted octanol–water partition coefficient (Wildman–Crippen LogP) is 2.16. The van der Waals surface area contributed by atoms with Crippen molar-refractivity contribution in [1.29, 1.82) is 0 Å².